The summed E-state index contributed by atoms with van der Waals surface area (Å²) in [6, 6.07) is 8.90. The van der Waals surface area contributed by atoms with Crippen molar-refractivity contribution in [2.24, 2.45) is 4.99 Å². The van der Waals surface area contributed by atoms with E-state index in [2.05, 4.69) is 25.9 Å². The Morgan fingerprint density at radius 3 is 2.57 bits per heavy atom. The highest BCUT2D eigenvalue weighted by Crippen LogP contribution is 2.29. The zero-order valence-electron chi connectivity index (χ0n) is 10.6. The van der Waals surface area contributed by atoms with Crippen LogP contribution in [0.4, 0.5) is 14.5 Å². The predicted octanol–water partition coefficient (Wildman–Crippen LogP) is 4.66. The zero-order valence-corrected chi connectivity index (χ0v) is 12.2. The van der Waals surface area contributed by atoms with Crippen molar-refractivity contribution in [1.82, 2.24) is 4.98 Å². The molecule has 0 bridgehead atoms. The highest BCUT2D eigenvalue weighted by molar-refractivity contribution is 9.10. The minimum absolute atomic E-state index is 0.108. The molecule has 0 atom stereocenters. The van der Waals surface area contributed by atoms with E-state index in [1.807, 2.05) is 6.07 Å². The molecule has 0 radical (unpaired) electrons. The highest BCUT2D eigenvalue weighted by Gasteiger charge is 2.11. The summed E-state index contributed by atoms with van der Waals surface area (Å²) in [7, 11) is 0. The lowest BCUT2D eigenvalue weighted by Crippen LogP contribution is -1.84. The largest absolute Gasteiger partial charge is 0.494 e. The van der Waals surface area contributed by atoms with Crippen molar-refractivity contribution in [3.63, 3.8) is 0 Å². The minimum atomic E-state index is -0.758. The van der Waals surface area contributed by atoms with Gasteiger partial charge in [-0.2, -0.15) is 0 Å². The molecule has 3 rings (SSSR count). The van der Waals surface area contributed by atoms with E-state index in [1.165, 1.54) is 12.3 Å². The third kappa shape index (κ3) is 2.54. The number of aromatic hydroxyl groups is 1. The van der Waals surface area contributed by atoms with E-state index in [1.54, 1.807) is 12.1 Å². The van der Waals surface area contributed by atoms with Crippen LogP contribution in [0.5, 0.6) is 5.88 Å². The number of rotatable bonds is 2. The number of para-hydroxylation sites is 1. The van der Waals surface area contributed by atoms with Gasteiger partial charge in [-0.05, 0) is 30.3 Å². The summed E-state index contributed by atoms with van der Waals surface area (Å²) in [5.74, 6) is -1.62. The number of nitrogens with one attached hydrogen (secondary N) is 1. The summed E-state index contributed by atoms with van der Waals surface area (Å²) >= 11 is 3.34. The fraction of sp³-hybridized carbons (Fsp3) is 0. The number of aliphatic imine (C=N–C) groups is 1. The number of hydrogen-bond acceptors (Lipinski definition) is 2. The first kappa shape index (κ1) is 13.8. The van der Waals surface area contributed by atoms with Gasteiger partial charge in [-0.25, -0.2) is 13.8 Å². The number of aromatic amines is 1. The predicted molar refractivity (Wildman–Crippen MR) is 81.3 cm³/mol. The first-order valence-electron chi connectivity index (χ1n) is 6.04. The van der Waals surface area contributed by atoms with Crippen molar-refractivity contribution in [2.45, 2.75) is 0 Å². The van der Waals surface area contributed by atoms with E-state index < -0.39 is 11.6 Å². The first-order valence-corrected chi connectivity index (χ1v) is 6.84. The molecule has 106 valence electrons. The van der Waals surface area contributed by atoms with Crippen molar-refractivity contribution in [3.8, 4) is 5.88 Å². The molecule has 0 aliphatic rings. The lowest BCUT2D eigenvalue weighted by atomic mass is 10.2. The second-order valence-corrected chi connectivity index (χ2v) is 5.32. The van der Waals surface area contributed by atoms with Crippen LogP contribution in [-0.2, 0) is 0 Å². The van der Waals surface area contributed by atoms with Gasteiger partial charge in [0.25, 0.3) is 0 Å². The second-order valence-electron chi connectivity index (χ2n) is 4.41. The molecule has 2 N–H and O–H groups in total. The van der Waals surface area contributed by atoms with Crippen LogP contribution in [-0.4, -0.2) is 16.3 Å². The third-order valence-electron chi connectivity index (χ3n) is 3.04. The SMILES string of the molecule is Oc1[nH]c2ccc(Br)cc2c1C=Nc1c(F)cccc1F. The molecule has 3 aromatic rings. The average molecular weight is 351 g/mol. The normalized spacial score (nSPS) is 11.6. The van der Waals surface area contributed by atoms with Gasteiger partial charge in [0, 0.05) is 21.6 Å². The number of benzene rings is 2. The molecule has 0 unspecified atom stereocenters. The average Bonchev–Trinajstić information content (AvgIpc) is 2.74. The summed E-state index contributed by atoms with van der Waals surface area (Å²) in [6.45, 7) is 0. The molecular weight excluding hydrogens is 342 g/mol. The van der Waals surface area contributed by atoms with E-state index in [4.69, 9.17) is 0 Å². The molecule has 0 spiro atoms. The van der Waals surface area contributed by atoms with Gasteiger partial charge in [0.1, 0.15) is 5.69 Å². The van der Waals surface area contributed by atoms with E-state index in [-0.39, 0.29) is 11.6 Å². The molecule has 0 saturated carbocycles. The number of nitrogens with zero attached hydrogens (tertiary/aromatic N) is 1. The number of H-pyrrole nitrogens is 1. The Balaban J connectivity index is 2.11. The molecule has 0 saturated heterocycles. The number of fused-ring (bicyclic) bond motifs is 1. The Kier molecular flexibility index (Phi) is 3.47. The molecule has 0 fully saturated rings. The molecular formula is C15H9BrF2N2O. The maximum absolute atomic E-state index is 13.5. The van der Waals surface area contributed by atoms with Crippen LogP contribution in [0.2, 0.25) is 0 Å². The zero-order chi connectivity index (χ0) is 15.0. The van der Waals surface area contributed by atoms with Gasteiger partial charge < -0.3 is 10.1 Å². The van der Waals surface area contributed by atoms with E-state index in [0.717, 1.165) is 16.6 Å². The molecule has 6 heteroatoms. The molecule has 0 aliphatic carbocycles. The van der Waals surface area contributed by atoms with Crippen molar-refractivity contribution >= 4 is 38.7 Å². The van der Waals surface area contributed by atoms with Crippen LogP contribution in [0.25, 0.3) is 10.9 Å². The minimum Gasteiger partial charge on any atom is -0.494 e. The van der Waals surface area contributed by atoms with Gasteiger partial charge in [-0.15, -0.1) is 0 Å². The van der Waals surface area contributed by atoms with E-state index in [0.29, 0.717) is 16.5 Å². The summed E-state index contributed by atoms with van der Waals surface area (Å²) < 4.78 is 27.9. The maximum Gasteiger partial charge on any atom is 0.198 e. The smallest absolute Gasteiger partial charge is 0.198 e. The van der Waals surface area contributed by atoms with Gasteiger partial charge >= 0.3 is 0 Å². The molecule has 0 aliphatic heterocycles. The van der Waals surface area contributed by atoms with E-state index >= 15 is 0 Å². The van der Waals surface area contributed by atoms with Crippen LogP contribution in [0.15, 0.2) is 45.9 Å². The number of aromatic nitrogens is 1. The molecule has 2 aromatic carbocycles. The molecule has 3 nitrogen and oxygen atoms in total. The van der Waals surface area contributed by atoms with Gasteiger partial charge in [0.2, 0.25) is 0 Å². The second kappa shape index (κ2) is 5.29. The molecule has 21 heavy (non-hydrogen) atoms. The van der Waals surface area contributed by atoms with E-state index in [9.17, 15) is 13.9 Å². The van der Waals surface area contributed by atoms with Crippen molar-refractivity contribution in [2.75, 3.05) is 0 Å². The van der Waals surface area contributed by atoms with Gasteiger partial charge in [-0.1, -0.05) is 22.0 Å². The van der Waals surface area contributed by atoms with Crippen molar-refractivity contribution < 1.29 is 13.9 Å². The van der Waals surface area contributed by atoms with Gasteiger partial charge in [0.15, 0.2) is 17.5 Å². The number of hydrogen-bond donors (Lipinski definition) is 2. The van der Waals surface area contributed by atoms with Crippen LogP contribution < -0.4 is 0 Å². The van der Waals surface area contributed by atoms with Gasteiger partial charge in [-0.3, -0.25) is 0 Å². The van der Waals surface area contributed by atoms with Crippen LogP contribution >= 0.6 is 15.9 Å². The summed E-state index contributed by atoms with van der Waals surface area (Å²) in [5, 5.41) is 10.6. The number of halogens is 3. The van der Waals surface area contributed by atoms with Crippen LogP contribution in [0, 0.1) is 11.6 Å². The fourth-order valence-corrected chi connectivity index (χ4v) is 2.40. The quantitative estimate of drug-likeness (QED) is 0.648. The molecule has 0 amide bonds. The monoisotopic (exact) mass is 350 g/mol. The first-order chi connectivity index (χ1) is 10.1. The summed E-state index contributed by atoms with van der Waals surface area (Å²) in [4.78, 5) is 6.59. The lowest BCUT2D eigenvalue weighted by molar-refractivity contribution is 0.457. The Bertz CT molecular complexity index is 838. The maximum atomic E-state index is 13.5. The Morgan fingerprint density at radius 2 is 1.86 bits per heavy atom. The van der Waals surface area contributed by atoms with Crippen molar-refractivity contribution in [1.29, 1.82) is 0 Å². The molecule has 1 heterocycles. The van der Waals surface area contributed by atoms with Gasteiger partial charge in [0.05, 0.1) is 5.56 Å². The summed E-state index contributed by atoms with van der Waals surface area (Å²) in [5.41, 5.74) is 0.682. The third-order valence-corrected chi connectivity index (χ3v) is 3.53. The van der Waals surface area contributed by atoms with Crippen molar-refractivity contribution in [3.05, 3.63) is 58.1 Å². The fourth-order valence-electron chi connectivity index (χ4n) is 2.04. The highest BCUT2D eigenvalue weighted by atomic mass is 79.9. The molecule has 1 aromatic heterocycles. The van der Waals surface area contributed by atoms with Crippen LogP contribution in [0.3, 0.4) is 0 Å². The Morgan fingerprint density at radius 1 is 1.14 bits per heavy atom. The standard InChI is InChI=1S/C15H9BrF2N2O/c16-8-4-5-13-9(6-8)10(15(21)20-13)7-19-14-11(17)2-1-3-12(14)18/h1-7,20-21H. The Labute approximate surface area is 127 Å². The Hall–Kier alpha value is -2.21. The summed E-state index contributed by atoms with van der Waals surface area (Å²) in [6.07, 6.45) is 1.24. The lowest BCUT2D eigenvalue weighted by Gasteiger charge is -1.98. The topological polar surface area (TPSA) is 48.4 Å². The van der Waals surface area contributed by atoms with Crippen LogP contribution in [0.1, 0.15) is 5.56 Å².